The average molecular weight is 294 g/mol. The molecule has 0 aliphatic carbocycles. The minimum Gasteiger partial charge on any atom is -0.309 e. The van der Waals surface area contributed by atoms with E-state index in [0.717, 1.165) is 10.0 Å². The number of hydrogen-bond donors (Lipinski definition) is 1. The van der Waals surface area contributed by atoms with Crippen LogP contribution in [-0.4, -0.2) is 15.7 Å². The highest BCUT2D eigenvalue weighted by Crippen LogP contribution is 2.12. The van der Waals surface area contributed by atoms with Gasteiger partial charge in [0.1, 0.15) is 0 Å². The van der Waals surface area contributed by atoms with Gasteiger partial charge in [-0.2, -0.15) is 5.10 Å². The van der Waals surface area contributed by atoms with E-state index in [9.17, 15) is 4.79 Å². The summed E-state index contributed by atoms with van der Waals surface area (Å²) in [6.07, 6.45) is 2.13. The molecule has 1 amide bonds. The number of carbonyl (C=O) groups excluding carboxylic acids is 1. The molecule has 0 saturated heterocycles. The zero-order valence-electron chi connectivity index (χ0n) is 9.35. The summed E-state index contributed by atoms with van der Waals surface area (Å²) in [7, 11) is 1.81. The SMILES string of the molecule is Cn1ccc(NC(=O)Cc2cccc(Br)c2)n1. The highest BCUT2D eigenvalue weighted by molar-refractivity contribution is 9.10. The van der Waals surface area contributed by atoms with E-state index in [2.05, 4.69) is 26.3 Å². The molecule has 0 atom stereocenters. The molecule has 5 heteroatoms. The summed E-state index contributed by atoms with van der Waals surface area (Å²) in [4.78, 5) is 11.7. The summed E-state index contributed by atoms with van der Waals surface area (Å²) < 4.78 is 2.62. The summed E-state index contributed by atoms with van der Waals surface area (Å²) >= 11 is 3.37. The van der Waals surface area contributed by atoms with Crippen LogP contribution in [0.25, 0.3) is 0 Å². The van der Waals surface area contributed by atoms with Gasteiger partial charge in [-0.1, -0.05) is 28.1 Å². The third-order valence-electron chi connectivity index (χ3n) is 2.23. The molecule has 0 spiro atoms. The van der Waals surface area contributed by atoms with Crippen molar-refractivity contribution in [3.8, 4) is 0 Å². The number of hydrogen-bond acceptors (Lipinski definition) is 2. The number of aryl methyl sites for hydroxylation is 1. The number of benzene rings is 1. The minimum atomic E-state index is -0.0678. The van der Waals surface area contributed by atoms with Gasteiger partial charge in [-0.15, -0.1) is 0 Å². The summed E-state index contributed by atoms with van der Waals surface area (Å²) in [6, 6.07) is 9.45. The van der Waals surface area contributed by atoms with Crippen molar-refractivity contribution in [1.82, 2.24) is 9.78 Å². The first kappa shape index (κ1) is 11.9. The monoisotopic (exact) mass is 293 g/mol. The molecule has 1 N–H and O–H groups in total. The van der Waals surface area contributed by atoms with E-state index in [4.69, 9.17) is 0 Å². The second-order valence-electron chi connectivity index (χ2n) is 3.73. The molecule has 2 aromatic rings. The highest BCUT2D eigenvalue weighted by Gasteiger charge is 2.05. The lowest BCUT2D eigenvalue weighted by molar-refractivity contribution is -0.115. The molecule has 0 saturated carbocycles. The van der Waals surface area contributed by atoms with Crippen LogP contribution < -0.4 is 5.32 Å². The number of halogens is 1. The summed E-state index contributed by atoms with van der Waals surface area (Å²) in [5.74, 6) is 0.509. The Labute approximate surface area is 108 Å². The number of nitrogens with one attached hydrogen (secondary N) is 1. The average Bonchev–Trinajstić information content (AvgIpc) is 2.63. The molecule has 0 aliphatic rings. The number of amides is 1. The predicted octanol–water partition coefficient (Wildman–Crippen LogP) is 2.36. The lowest BCUT2D eigenvalue weighted by Crippen LogP contribution is -2.14. The molecule has 1 aromatic carbocycles. The topological polar surface area (TPSA) is 46.9 Å². The Morgan fingerprint density at radius 3 is 2.94 bits per heavy atom. The lowest BCUT2D eigenvalue weighted by atomic mass is 10.1. The van der Waals surface area contributed by atoms with Crippen LogP contribution in [0, 0.1) is 0 Å². The van der Waals surface area contributed by atoms with Gasteiger partial charge in [0.2, 0.25) is 5.91 Å². The predicted molar refractivity (Wildman–Crippen MR) is 69.7 cm³/mol. The van der Waals surface area contributed by atoms with Crippen molar-refractivity contribution in [2.75, 3.05) is 5.32 Å². The number of rotatable bonds is 3. The second kappa shape index (κ2) is 5.14. The van der Waals surface area contributed by atoms with Gasteiger partial charge in [-0.25, -0.2) is 0 Å². The molecule has 0 aliphatic heterocycles. The van der Waals surface area contributed by atoms with Crippen molar-refractivity contribution in [3.63, 3.8) is 0 Å². The first-order valence-electron chi connectivity index (χ1n) is 5.17. The first-order chi connectivity index (χ1) is 8.13. The van der Waals surface area contributed by atoms with Crippen LogP contribution in [-0.2, 0) is 18.3 Å². The molecule has 1 aromatic heterocycles. The van der Waals surface area contributed by atoms with Gasteiger partial charge in [0, 0.05) is 23.8 Å². The molecule has 0 unspecified atom stereocenters. The van der Waals surface area contributed by atoms with Gasteiger partial charge in [0.25, 0.3) is 0 Å². The van der Waals surface area contributed by atoms with E-state index in [-0.39, 0.29) is 5.91 Å². The maximum Gasteiger partial charge on any atom is 0.229 e. The van der Waals surface area contributed by atoms with E-state index < -0.39 is 0 Å². The zero-order valence-corrected chi connectivity index (χ0v) is 10.9. The molecule has 88 valence electrons. The van der Waals surface area contributed by atoms with E-state index in [0.29, 0.717) is 12.2 Å². The van der Waals surface area contributed by atoms with Crippen molar-refractivity contribution in [2.24, 2.45) is 7.05 Å². The van der Waals surface area contributed by atoms with E-state index in [1.165, 1.54) is 0 Å². The van der Waals surface area contributed by atoms with Crippen LogP contribution in [0.15, 0.2) is 41.0 Å². The molecule has 0 fully saturated rings. The number of carbonyl (C=O) groups is 1. The number of anilines is 1. The molecule has 4 nitrogen and oxygen atoms in total. The normalized spacial score (nSPS) is 10.2. The van der Waals surface area contributed by atoms with Gasteiger partial charge in [-0.3, -0.25) is 9.48 Å². The van der Waals surface area contributed by atoms with Crippen molar-refractivity contribution in [2.45, 2.75) is 6.42 Å². The maximum absolute atomic E-state index is 11.7. The zero-order chi connectivity index (χ0) is 12.3. The second-order valence-corrected chi connectivity index (χ2v) is 4.65. The van der Waals surface area contributed by atoms with Crippen LogP contribution >= 0.6 is 15.9 Å². The fourth-order valence-corrected chi connectivity index (χ4v) is 1.95. The van der Waals surface area contributed by atoms with Crippen LogP contribution in [0.5, 0.6) is 0 Å². The largest absolute Gasteiger partial charge is 0.309 e. The third kappa shape index (κ3) is 3.42. The van der Waals surface area contributed by atoms with E-state index in [1.54, 1.807) is 16.9 Å². The Bertz CT molecular complexity index is 536. The summed E-state index contributed by atoms with van der Waals surface area (Å²) in [5, 5.41) is 6.83. The smallest absolute Gasteiger partial charge is 0.229 e. The Morgan fingerprint density at radius 2 is 2.29 bits per heavy atom. The van der Waals surface area contributed by atoms with Gasteiger partial charge >= 0.3 is 0 Å². The molecular formula is C12H12BrN3O. The van der Waals surface area contributed by atoms with Gasteiger partial charge < -0.3 is 5.32 Å². The lowest BCUT2D eigenvalue weighted by Gasteiger charge is -2.02. The standard InChI is InChI=1S/C12H12BrN3O/c1-16-6-5-11(15-16)14-12(17)8-9-3-2-4-10(13)7-9/h2-7H,8H2,1H3,(H,14,15,17). The Balaban J connectivity index is 1.98. The fraction of sp³-hybridized carbons (Fsp3) is 0.167. The molecule has 1 heterocycles. The highest BCUT2D eigenvalue weighted by atomic mass is 79.9. The van der Waals surface area contributed by atoms with Gasteiger partial charge in [0.15, 0.2) is 5.82 Å². The van der Waals surface area contributed by atoms with Crippen molar-refractivity contribution in [1.29, 1.82) is 0 Å². The van der Waals surface area contributed by atoms with E-state index in [1.807, 2.05) is 31.3 Å². The molecule has 0 radical (unpaired) electrons. The summed E-state index contributed by atoms with van der Waals surface area (Å²) in [6.45, 7) is 0. The number of nitrogens with zero attached hydrogens (tertiary/aromatic N) is 2. The van der Waals surface area contributed by atoms with Gasteiger partial charge in [0.05, 0.1) is 6.42 Å². The summed E-state index contributed by atoms with van der Waals surface area (Å²) in [5.41, 5.74) is 0.966. The van der Waals surface area contributed by atoms with E-state index >= 15 is 0 Å². The number of aromatic nitrogens is 2. The Morgan fingerprint density at radius 1 is 1.47 bits per heavy atom. The molecule has 2 rings (SSSR count). The van der Waals surface area contributed by atoms with Crippen LogP contribution in [0.2, 0.25) is 0 Å². The van der Waals surface area contributed by atoms with Crippen molar-refractivity contribution in [3.05, 3.63) is 46.6 Å². The quantitative estimate of drug-likeness (QED) is 0.944. The fourth-order valence-electron chi connectivity index (χ4n) is 1.50. The molecule has 17 heavy (non-hydrogen) atoms. The van der Waals surface area contributed by atoms with Crippen molar-refractivity contribution < 1.29 is 4.79 Å². The Kier molecular flexibility index (Phi) is 3.58. The minimum absolute atomic E-state index is 0.0678. The van der Waals surface area contributed by atoms with Crippen LogP contribution in [0.1, 0.15) is 5.56 Å². The Hall–Kier alpha value is -1.62. The third-order valence-corrected chi connectivity index (χ3v) is 2.73. The molecule has 0 bridgehead atoms. The molecular weight excluding hydrogens is 282 g/mol. The first-order valence-corrected chi connectivity index (χ1v) is 5.97. The van der Waals surface area contributed by atoms with Crippen molar-refractivity contribution >= 4 is 27.7 Å². The van der Waals surface area contributed by atoms with Crippen LogP contribution in [0.4, 0.5) is 5.82 Å². The maximum atomic E-state index is 11.7. The van der Waals surface area contributed by atoms with Gasteiger partial charge in [-0.05, 0) is 17.7 Å². The van der Waals surface area contributed by atoms with Crippen LogP contribution in [0.3, 0.4) is 0 Å².